The zero-order valence-electron chi connectivity index (χ0n) is 20.3. The molecule has 4 aromatic carbocycles. The first-order valence-electron chi connectivity index (χ1n) is 11.7. The zero-order chi connectivity index (χ0) is 28.7. The van der Waals surface area contributed by atoms with Gasteiger partial charge < -0.3 is 55.1 Å². The van der Waals surface area contributed by atoms with Gasteiger partial charge >= 0.3 is 5.97 Å². The third-order valence-corrected chi connectivity index (χ3v) is 6.22. The van der Waals surface area contributed by atoms with Crippen molar-refractivity contribution in [3.05, 3.63) is 77.4 Å². The largest absolute Gasteiger partial charge is 0.508 e. The Balaban J connectivity index is 1.47. The summed E-state index contributed by atoms with van der Waals surface area (Å²) in [6.07, 6.45) is -2.26. The molecule has 1 heterocycles. The Morgan fingerprint density at radius 1 is 0.725 bits per heavy atom. The van der Waals surface area contributed by atoms with Crippen molar-refractivity contribution in [3.63, 3.8) is 0 Å². The van der Waals surface area contributed by atoms with Crippen molar-refractivity contribution in [2.75, 3.05) is 0 Å². The van der Waals surface area contributed by atoms with Crippen molar-refractivity contribution in [1.82, 2.24) is 0 Å². The maximum Gasteiger partial charge on any atom is 0.338 e. The minimum Gasteiger partial charge on any atom is -0.508 e. The number of carbonyl (C=O) groups is 1. The number of carbonyl (C=O) groups excluding carboxylic acids is 1. The van der Waals surface area contributed by atoms with Crippen LogP contribution in [0.4, 0.5) is 0 Å². The Kier molecular flexibility index (Phi) is 6.43. The van der Waals surface area contributed by atoms with E-state index < -0.39 is 52.7 Å². The van der Waals surface area contributed by atoms with Crippen molar-refractivity contribution >= 4 is 5.97 Å². The number of rotatable bonds is 5. The lowest BCUT2D eigenvalue weighted by Gasteiger charge is -2.34. The Morgan fingerprint density at radius 2 is 1.43 bits per heavy atom. The van der Waals surface area contributed by atoms with Gasteiger partial charge in [0.15, 0.2) is 40.6 Å². The molecule has 4 aromatic rings. The number of esters is 1. The Bertz CT molecular complexity index is 1630. The zero-order valence-corrected chi connectivity index (χ0v) is 20.3. The number of ether oxygens (including phenoxy) is 3. The van der Waals surface area contributed by atoms with E-state index in [1.807, 2.05) is 0 Å². The molecule has 0 saturated heterocycles. The molecule has 0 aliphatic carbocycles. The minimum absolute atomic E-state index is 0.0289. The molecular weight excluding hydrogens is 528 g/mol. The van der Waals surface area contributed by atoms with Crippen LogP contribution in [0.25, 0.3) is 0 Å². The lowest BCUT2D eigenvalue weighted by molar-refractivity contribution is -0.0189. The highest BCUT2D eigenvalue weighted by Crippen LogP contribution is 2.45. The SMILES string of the molecule is O=C(O[C@@H]1Cc2c(O)cc(O)cc2O[C@@H]1c1ccc(O)c(O)c1)c1cc(O)c(O)c(Oc2ccc(O)c(O)c2)c1. The van der Waals surface area contributed by atoms with Crippen LogP contribution in [0.2, 0.25) is 0 Å². The van der Waals surface area contributed by atoms with Crippen LogP contribution >= 0.6 is 0 Å². The number of aromatic hydroxyl groups is 8. The number of phenolic OH excluding ortho intramolecular Hbond substituents is 8. The van der Waals surface area contributed by atoms with Gasteiger partial charge in [-0.25, -0.2) is 4.79 Å². The van der Waals surface area contributed by atoms with Gasteiger partial charge in [-0.2, -0.15) is 0 Å². The third-order valence-electron chi connectivity index (χ3n) is 6.22. The quantitative estimate of drug-likeness (QED) is 0.131. The van der Waals surface area contributed by atoms with Gasteiger partial charge in [0, 0.05) is 35.7 Å². The summed E-state index contributed by atoms with van der Waals surface area (Å²) < 4.78 is 17.1. The number of hydrogen-bond donors (Lipinski definition) is 8. The van der Waals surface area contributed by atoms with E-state index >= 15 is 0 Å². The van der Waals surface area contributed by atoms with Crippen molar-refractivity contribution in [3.8, 4) is 63.2 Å². The highest BCUT2D eigenvalue weighted by atomic mass is 16.6. The van der Waals surface area contributed by atoms with Gasteiger partial charge in [-0.15, -0.1) is 0 Å². The van der Waals surface area contributed by atoms with Gasteiger partial charge in [-0.05, 0) is 36.4 Å². The van der Waals surface area contributed by atoms with E-state index in [0.717, 1.165) is 30.3 Å². The van der Waals surface area contributed by atoms with Crippen molar-refractivity contribution in [2.24, 2.45) is 0 Å². The first kappa shape index (κ1) is 26.0. The summed E-state index contributed by atoms with van der Waals surface area (Å²) in [5.74, 6) is -5.04. The van der Waals surface area contributed by atoms with Gasteiger partial charge in [0.2, 0.25) is 5.75 Å². The molecular formula is C28H22O12. The fourth-order valence-electron chi connectivity index (χ4n) is 4.24. The highest BCUT2D eigenvalue weighted by Gasteiger charge is 2.37. The molecule has 206 valence electrons. The number of benzene rings is 4. The number of hydrogen-bond acceptors (Lipinski definition) is 12. The average Bonchev–Trinajstić information content (AvgIpc) is 2.90. The van der Waals surface area contributed by atoms with Crippen LogP contribution in [-0.2, 0) is 11.2 Å². The fourth-order valence-corrected chi connectivity index (χ4v) is 4.24. The van der Waals surface area contributed by atoms with Crippen molar-refractivity contribution in [1.29, 1.82) is 0 Å². The van der Waals surface area contributed by atoms with E-state index in [1.54, 1.807) is 0 Å². The van der Waals surface area contributed by atoms with Crippen LogP contribution in [0.1, 0.15) is 27.6 Å². The molecule has 2 atom stereocenters. The van der Waals surface area contributed by atoms with Crippen LogP contribution in [0.15, 0.2) is 60.7 Å². The predicted octanol–water partition coefficient (Wildman–Crippen LogP) is 4.03. The molecule has 0 spiro atoms. The summed E-state index contributed by atoms with van der Waals surface area (Å²) in [7, 11) is 0. The first-order valence-corrected chi connectivity index (χ1v) is 11.7. The van der Waals surface area contributed by atoms with E-state index in [0.29, 0.717) is 5.56 Å². The molecule has 0 fully saturated rings. The molecule has 40 heavy (non-hydrogen) atoms. The van der Waals surface area contributed by atoms with Gasteiger partial charge in [-0.3, -0.25) is 0 Å². The smallest absolute Gasteiger partial charge is 0.338 e. The molecule has 5 rings (SSSR count). The molecule has 0 saturated carbocycles. The van der Waals surface area contributed by atoms with Crippen LogP contribution < -0.4 is 9.47 Å². The number of phenols is 8. The maximum atomic E-state index is 13.2. The second-order valence-electron chi connectivity index (χ2n) is 8.97. The van der Waals surface area contributed by atoms with Gasteiger partial charge in [0.25, 0.3) is 0 Å². The monoisotopic (exact) mass is 550 g/mol. The molecule has 12 nitrogen and oxygen atoms in total. The molecule has 0 amide bonds. The topological polar surface area (TPSA) is 207 Å². The number of fused-ring (bicyclic) bond motifs is 1. The molecule has 8 N–H and O–H groups in total. The molecule has 1 aliphatic rings. The molecule has 1 aliphatic heterocycles. The maximum absolute atomic E-state index is 13.2. The van der Waals surface area contributed by atoms with Crippen LogP contribution in [0.3, 0.4) is 0 Å². The Hall–Kier alpha value is -5.65. The van der Waals surface area contributed by atoms with E-state index in [4.69, 9.17) is 14.2 Å². The standard InChI is InChI=1S/C28H22O12/c29-14-8-19(32)16-11-25(27(39-23(16)9-14)12-1-3-17(30)20(33)5-12)40-28(37)13-6-22(35)26(36)24(7-13)38-15-2-4-18(31)21(34)10-15/h1-10,25,27,29-36H,11H2/t25-,27-/m1/s1. The molecule has 0 bridgehead atoms. The lowest BCUT2D eigenvalue weighted by Crippen LogP contribution is -2.34. The van der Waals surface area contributed by atoms with E-state index in [9.17, 15) is 45.6 Å². The van der Waals surface area contributed by atoms with E-state index in [-0.39, 0.29) is 46.3 Å². The fraction of sp³-hybridized carbons (Fsp3) is 0.107. The average molecular weight is 550 g/mol. The van der Waals surface area contributed by atoms with Crippen LogP contribution in [-0.4, -0.2) is 52.9 Å². The Morgan fingerprint density at radius 3 is 2.12 bits per heavy atom. The summed E-state index contributed by atoms with van der Waals surface area (Å²) in [6.45, 7) is 0. The predicted molar refractivity (Wildman–Crippen MR) is 135 cm³/mol. The first-order chi connectivity index (χ1) is 19.0. The van der Waals surface area contributed by atoms with Gasteiger partial charge in [0.1, 0.15) is 29.1 Å². The molecule has 0 unspecified atom stereocenters. The lowest BCUT2D eigenvalue weighted by atomic mass is 9.93. The normalized spacial score (nSPS) is 16.0. The van der Waals surface area contributed by atoms with Crippen molar-refractivity contribution in [2.45, 2.75) is 18.6 Å². The van der Waals surface area contributed by atoms with Crippen LogP contribution in [0, 0.1) is 0 Å². The molecule has 0 radical (unpaired) electrons. The summed E-state index contributed by atoms with van der Waals surface area (Å²) in [5.41, 5.74) is 0.284. The Labute approximate surface area is 225 Å². The van der Waals surface area contributed by atoms with Crippen molar-refractivity contribution < 1.29 is 59.9 Å². The third kappa shape index (κ3) is 4.92. The van der Waals surface area contributed by atoms with Crippen LogP contribution in [0.5, 0.6) is 63.2 Å². The minimum atomic E-state index is -1.12. The summed E-state index contributed by atoms with van der Waals surface area (Å²) in [4.78, 5) is 13.2. The summed E-state index contributed by atoms with van der Waals surface area (Å²) >= 11 is 0. The van der Waals surface area contributed by atoms with E-state index in [2.05, 4.69) is 0 Å². The second kappa shape index (κ2) is 9.91. The highest BCUT2D eigenvalue weighted by molar-refractivity contribution is 5.91. The molecule has 0 aromatic heterocycles. The van der Waals surface area contributed by atoms with E-state index in [1.165, 1.54) is 30.3 Å². The summed E-state index contributed by atoms with van der Waals surface area (Å²) in [5, 5.41) is 79.7. The summed E-state index contributed by atoms with van der Waals surface area (Å²) in [6, 6.07) is 11.7. The van der Waals surface area contributed by atoms with Gasteiger partial charge in [-0.1, -0.05) is 6.07 Å². The second-order valence-corrected chi connectivity index (χ2v) is 8.97. The van der Waals surface area contributed by atoms with Gasteiger partial charge in [0.05, 0.1) is 5.56 Å². The molecule has 12 heteroatoms.